The molecule has 0 bridgehead atoms. The van der Waals surface area contributed by atoms with Crippen LogP contribution < -0.4 is 10.0 Å². The fourth-order valence-corrected chi connectivity index (χ4v) is 3.85. The summed E-state index contributed by atoms with van der Waals surface area (Å²) in [7, 11) is -3.79. The topological polar surface area (TPSA) is 75.3 Å². The Morgan fingerprint density at radius 2 is 1.57 bits per heavy atom. The summed E-state index contributed by atoms with van der Waals surface area (Å²) in [6.07, 6.45) is 0. The zero-order valence-electron chi connectivity index (χ0n) is 15.7. The maximum Gasteiger partial charge on any atom is 0.261 e. The van der Waals surface area contributed by atoms with Crippen LogP contribution in [-0.4, -0.2) is 14.3 Å². The van der Waals surface area contributed by atoms with Crippen molar-refractivity contribution in [2.75, 3.05) is 4.72 Å². The second-order valence-corrected chi connectivity index (χ2v) is 8.29. The monoisotopic (exact) mass is 394 g/mol. The molecule has 3 aromatic rings. The van der Waals surface area contributed by atoms with Gasteiger partial charge in [0.15, 0.2) is 0 Å². The number of amides is 1. The molecule has 0 saturated heterocycles. The molecule has 0 aliphatic rings. The number of nitrogens with one attached hydrogen (secondary N) is 2. The number of rotatable bonds is 6. The minimum absolute atomic E-state index is 0.0353. The van der Waals surface area contributed by atoms with Crippen LogP contribution in [0, 0.1) is 6.92 Å². The van der Waals surface area contributed by atoms with E-state index in [9.17, 15) is 13.2 Å². The Hall–Kier alpha value is -3.12. The fraction of sp³-hybridized carbons (Fsp3) is 0.136. The van der Waals surface area contributed by atoms with Crippen LogP contribution in [0.3, 0.4) is 0 Å². The van der Waals surface area contributed by atoms with Crippen molar-refractivity contribution in [1.29, 1.82) is 0 Å². The van der Waals surface area contributed by atoms with Gasteiger partial charge in [0.05, 0.1) is 10.9 Å². The Morgan fingerprint density at radius 3 is 2.25 bits per heavy atom. The summed E-state index contributed by atoms with van der Waals surface area (Å²) in [4.78, 5) is 12.6. The van der Waals surface area contributed by atoms with Gasteiger partial charge in [-0.05, 0) is 49.7 Å². The van der Waals surface area contributed by atoms with Crippen molar-refractivity contribution in [2.45, 2.75) is 24.8 Å². The molecule has 0 saturated carbocycles. The lowest BCUT2D eigenvalue weighted by molar-refractivity contribution is 0.0939. The first kappa shape index (κ1) is 19.6. The SMILES string of the molecule is Cc1ccc(NS(=O)(=O)c2cccc(C(=O)N[C@@H](C)c3ccccc3)c2)cc1. The Morgan fingerprint density at radius 1 is 0.893 bits per heavy atom. The van der Waals surface area contributed by atoms with Gasteiger partial charge in [-0.2, -0.15) is 0 Å². The van der Waals surface area contributed by atoms with Crippen LogP contribution in [0.2, 0.25) is 0 Å². The quantitative estimate of drug-likeness (QED) is 0.655. The molecular weight excluding hydrogens is 372 g/mol. The van der Waals surface area contributed by atoms with Crippen molar-refractivity contribution in [2.24, 2.45) is 0 Å². The third kappa shape index (κ3) is 4.78. The van der Waals surface area contributed by atoms with Crippen molar-refractivity contribution in [3.63, 3.8) is 0 Å². The second-order valence-electron chi connectivity index (χ2n) is 6.61. The molecule has 0 radical (unpaired) electrons. The molecule has 3 aromatic carbocycles. The van der Waals surface area contributed by atoms with Gasteiger partial charge in [-0.1, -0.05) is 54.1 Å². The lowest BCUT2D eigenvalue weighted by Gasteiger charge is -2.15. The van der Waals surface area contributed by atoms with E-state index in [0.29, 0.717) is 5.69 Å². The number of hydrogen-bond acceptors (Lipinski definition) is 3. The summed E-state index contributed by atoms with van der Waals surface area (Å²) in [6, 6.07) is 22.4. The minimum Gasteiger partial charge on any atom is -0.346 e. The van der Waals surface area contributed by atoms with Gasteiger partial charge >= 0.3 is 0 Å². The smallest absolute Gasteiger partial charge is 0.261 e. The molecule has 0 fully saturated rings. The van der Waals surface area contributed by atoms with E-state index in [1.165, 1.54) is 12.1 Å². The Kier molecular flexibility index (Phi) is 5.80. The molecule has 0 spiro atoms. The summed E-state index contributed by atoms with van der Waals surface area (Å²) in [5.74, 6) is -0.330. The van der Waals surface area contributed by atoms with Crippen LogP contribution in [0.15, 0.2) is 83.8 Å². The van der Waals surface area contributed by atoms with Gasteiger partial charge in [0.1, 0.15) is 0 Å². The highest BCUT2D eigenvalue weighted by Gasteiger charge is 2.17. The molecule has 0 aliphatic carbocycles. The van der Waals surface area contributed by atoms with E-state index in [2.05, 4.69) is 10.0 Å². The third-order valence-electron chi connectivity index (χ3n) is 4.36. The summed E-state index contributed by atoms with van der Waals surface area (Å²) in [5, 5.41) is 2.89. The van der Waals surface area contributed by atoms with Gasteiger partial charge in [-0.15, -0.1) is 0 Å². The van der Waals surface area contributed by atoms with Crippen molar-refractivity contribution in [1.82, 2.24) is 5.32 Å². The van der Waals surface area contributed by atoms with E-state index in [-0.39, 0.29) is 22.4 Å². The molecule has 3 rings (SSSR count). The zero-order valence-corrected chi connectivity index (χ0v) is 16.5. The van der Waals surface area contributed by atoms with Crippen LogP contribution in [0.4, 0.5) is 5.69 Å². The molecule has 2 N–H and O–H groups in total. The Balaban J connectivity index is 1.77. The number of benzene rings is 3. The highest BCUT2D eigenvalue weighted by Crippen LogP contribution is 2.19. The van der Waals surface area contributed by atoms with Crippen LogP contribution in [0.5, 0.6) is 0 Å². The molecular formula is C22H22N2O3S. The molecule has 0 aromatic heterocycles. The lowest BCUT2D eigenvalue weighted by Crippen LogP contribution is -2.26. The molecule has 0 unspecified atom stereocenters. The van der Waals surface area contributed by atoms with E-state index in [0.717, 1.165) is 11.1 Å². The highest BCUT2D eigenvalue weighted by atomic mass is 32.2. The molecule has 6 heteroatoms. The largest absolute Gasteiger partial charge is 0.346 e. The van der Waals surface area contributed by atoms with Gasteiger partial charge in [-0.25, -0.2) is 8.42 Å². The molecule has 1 atom stereocenters. The first-order valence-electron chi connectivity index (χ1n) is 8.90. The van der Waals surface area contributed by atoms with Gasteiger partial charge < -0.3 is 5.32 Å². The van der Waals surface area contributed by atoms with E-state index in [1.54, 1.807) is 24.3 Å². The number of carbonyl (C=O) groups is 1. The predicted molar refractivity (Wildman–Crippen MR) is 111 cm³/mol. The molecule has 1 amide bonds. The number of carbonyl (C=O) groups excluding carboxylic acids is 1. The van der Waals surface area contributed by atoms with Crippen molar-refractivity contribution < 1.29 is 13.2 Å². The highest BCUT2D eigenvalue weighted by molar-refractivity contribution is 7.92. The maximum absolute atomic E-state index is 12.7. The van der Waals surface area contributed by atoms with Gasteiger partial charge in [0.2, 0.25) is 0 Å². The average molecular weight is 394 g/mol. The molecule has 28 heavy (non-hydrogen) atoms. The van der Waals surface area contributed by atoms with Crippen molar-refractivity contribution in [3.05, 3.63) is 95.6 Å². The standard InChI is InChI=1S/C22H22N2O3S/c1-16-11-13-20(14-12-16)24-28(26,27)21-10-6-9-19(15-21)22(25)23-17(2)18-7-4-3-5-8-18/h3-15,17,24H,1-2H3,(H,23,25)/t17-/m0/s1. The number of hydrogen-bond donors (Lipinski definition) is 2. The van der Waals surface area contributed by atoms with Gasteiger partial charge in [-0.3, -0.25) is 9.52 Å². The number of aryl methyl sites for hydroxylation is 1. The minimum atomic E-state index is -3.79. The van der Waals surface area contributed by atoms with Crippen LogP contribution in [-0.2, 0) is 10.0 Å². The van der Waals surface area contributed by atoms with Crippen LogP contribution >= 0.6 is 0 Å². The normalized spacial score (nSPS) is 12.2. The first-order valence-corrected chi connectivity index (χ1v) is 10.4. The van der Waals surface area contributed by atoms with Crippen molar-refractivity contribution in [3.8, 4) is 0 Å². The number of sulfonamides is 1. The summed E-state index contributed by atoms with van der Waals surface area (Å²) in [5.41, 5.74) is 2.77. The van der Waals surface area contributed by atoms with Crippen molar-refractivity contribution >= 4 is 21.6 Å². The Labute approximate surface area is 165 Å². The fourth-order valence-electron chi connectivity index (χ4n) is 2.75. The first-order chi connectivity index (χ1) is 13.3. The third-order valence-corrected chi connectivity index (χ3v) is 5.74. The molecule has 5 nitrogen and oxygen atoms in total. The second kappa shape index (κ2) is 8.27. The summed E-state index contributed by atoms with van der Waals surface area (Å²) in [6.45, 7) is 3.81. The van der Waals surface area contributed by atoms with Crippen LogP contribution in [0.1, 0.15) is 34.5 Å². The van der Waals surface area contributed by atoms with E-state index in [4.69, 9.17) is 0 Å². The average Bonchev–Trinajstić information content (AvgIpc) is 2.70. The molecule has 0 heterocycles. The molecule has 144 valence electrons. The van der Waals surface area contributed by atoms with E-state index >= 15 is 0 Å². The number of anilines is 1. The van der Waals surface area contributed by atoms with Crippen LogP contribution in [0.25, 0.3) is 0 Å². The Bertz CT molecular complexity index is 1060. The predicted octanol–water partition coefficient (Wildman–Crippen LogP) is 4.29. The van der Waals surface area contributed by atoms with Gasteiger partial charge in [0, 0.05) is 11.3 Å². The maximum atomic E-state index is 12.7. The van der Waals surface area contributed by atoms with E-state index < -0.39 is 10.0 Å². The lowest BCUT2D eigenvalue weighted by atomic mass is 10.1. The zero-order chi connectivity index (χ0) is 20.1. The summed E-state index contributed by atoms with van der Waals surface area (Å²) >= 11 is 0. The van der Waals surface area contributed by atoms with Gasteiger partial charge in [0.25, 0.3) is 15.9 Å². The molecule has 0 aliphatic heterocycles. The summed E-state index contributed by atoms with van der Waals surface area (Å²) < 4.78 is 27.9. The van der Waals surface area contributed by atoms with E-state index in [1.807, 2.05) is 56.3 Å².